The summed E-state index contributed by atoms with van der Waals surface area (Å²) >= 11 is 0. The highest BCUT2D eigenvalue weighted by atomic mass is 19.1. The van der Waals surface area contributed by atoms with Gasteiger partial charge in [0.1, 0.15) is 12.4 Å². The predicted molar refractivity (Wildman–Crippen MR) is 131 cm³/mol. The Bertz CT molecular complexity index is 1310. The number of aryl methyl sites for hydroxylation is 1. The molecule has 2 aliphatic carbocycles. The van der Waals surface area contributed by atoms with Gasteiger partial charge in [-0.25, -0.2) is 0 Å². The number of aliphatic hydroxyl groups is 1. The van der Waals surface area contributed by atoms with Crippen molar-refractivity contribution in [3.63, 3.8) is 0 Å². The number of phenolic OH excluding ortho intramolecular Hbond substituents is 1. The van der Waals surface area contributed by atoms with E-state index in [4.69, 9.17) is 4.74 Å². The largest absolute Gasteiger partial charge is 0.508 e. The van der Waals surface area contributed by atoms with Crippen LogP contribution in [0.5, 0.6) is 5.75 Å². The van der Waals surface area contributed by atoms with E-state index in [2.05, 4.69) is 33.1 Å². The lowest BCUT2D eigenvalue weighted by atomic mass is 10.0. The van der Waals surface area contributed by atoms with Crippen molar-refractivity contribution >= 4 is 16.5 Å². The first-order chi connectivity index (χ1) is 16.5. The van der Waals surface area contributed by atoms with Crippen LogP contribution in [0, 0.1) is 12.8 Å². The van der Waals surface area contributed by atoms with Crippen molar-refractivity contribution in [1.82, 2.24) is 9.47 Å². The highest BCUT2D eigenvalue weighted by Gasteiger charge is 2.26. The van der Waals surface area contributed by atoms with Crippen LogP contribution in [-0.4, -0.2) is 52.6 Å². The van der Waals surface area contributed by atoms with E-state index >= 15 is 0 Å². The number of alkyl halides is 1. The third kappa shape index (κ3) is 4.49. The molecule has 0 spiro atoms. The summed E-state index contributed by atoms with van der Waals surface area (Å²) in [5.74, 6) is 1.50. The number of likely N-dealkylation sites (tertiary alicyclic amines) is 1. The van der Waals surface area contributed by atoms with Crippen molar-refractivity contribution in [3.8, 4) is 5.75 Å². The Labute approximate surface area is 198 Å². The normalized spacial score (nSPS) is 18.4. The first kappa shape index (κ1) is 22.4. The van der Waals surface area contributed by atoms with Gasteiger partial charge in [0.15, 0.2) is 5.76 Å². The molecule has 0 saturated carbocycles. The molecule has 0 atom stereocenters. The maximum Gasteiger partial charge on any atom is 0.167 e. The van der Waals surface area contributed by atoms with Gasteiger partial charge in [-0.3, -0.25) is 9.29 Å². The number of rotatable bonds is 8. The summed E-state index contributed by atoms with van der Waals surface area (Å²) in [5, 5.41) is 20.7. The molecular formula is C28H29FN2O3. The van der Waals surface area contributed by atoms with Crippen LogP contribution in [0.25, 0.3) is 16.5 Å². The predicted octanol–water partition coefficient (Wildman–Crippen LogP) is 5.33. The number of halogens is 1. The third-order valence-electron chi connectivity index (χ3n) is 6.79. The number of ether oxygens (including phenoxy) is 1. The van der Waals surface area contributed by atoms with Crippen molar-refractivity contribution in [3.05, 3.63) is 82.3 Å². The van der Waals surface area contributed by atoms with Crippen molar-refractivity contribution < 1.29 is 19.3 Å². The summed E-state index contributed by atoms with van der Waals surface area (Å²) < 4.78 is 20.8. The van der Waals surface area contributed by atoms with Gasteiger partial charge in [0, 0.05) is 55.0 Å². The molecular weight excluding hydrogens is 431 g/mol. The van der Waals surface area contributed by atoms with Crippen molar-refractivity contribution in [2.24, 2.45) is 5.92 Å². The highest BCUT2D eigenvalue weighted by Crippen LogP contribution is 2.35. The quantitative estimate of drug-likeness (QED) is 0.523. The Hall–Kier alpha value is -3.43. The Kier molecular flexibility index (Phi) is 6.21. The van der Waals surface area contributed by atoms with E-state index in [9.17, 15) is 14.6 Å². The monoisotopic (exact) mass is 460 g/mol. The Morgan fingerprint density at radius 1 is 1.12 bits per heavy atom. The van der Waals surface area contributed by atoms with Crippen LogP contribution in [-0.2, 0) is 11.3 Å². The van der Waals surface area contributed by atoms with Crippen LogP contribution in [0.3, 0.4) is 0 Å². The lowest BCUT2D eigenvalue weighted by molar-refractivity contribution is 0.0538. The fourth-order valence-electron chi connectivity index (χ4n) is 4.92. The molecule has 1 aromatic carbocycles. The number of phenols is 1. The fourth-order valence-corrected chi connectivity index (χ4v) is 4.92. The zero-order chi connectivity index (χ0) is 23.7. The standard InChI is InChI=1S/C28H29FN2O3/c1-19-26-14-24(33)8-11-27(26)31(28(19)22-4-6-23(32)7-5-22)18-20-2-9-25(10-3-20)34-13-12-30-16-21(15-29)17-30/h2,4,6,8-9,11,14,21,32-33H,3,10,12-13,15-18H2,1H3. The van der Waals surface area contributed by atoms with Gasteiger partial charge in [0.05, 0.1) is 18.1 Å². The SMILES string of the molecule is Cc1c(C2=C=C=C(O)C=C2)n(CC2=CC=C(OCCN3CC(CF)C3)CC2)c2ccc(O)cc12. The molecule has 5 nitrogen and oxygen atoms in total. The maximum atomic E-state index is 12.6. The molecule has 5 rings (SSSR count). The molecule has 2 aromatic rings. The molecule has 1 fully saturated rings. The van der Waals surface area contributed by atoms with E-state index in [1.165, 1.54) is 5.57 Å². The van der Waals surface area contributed by atoms with Crippen LogP contribution < -0.4 is 0 Å². The van der Waals surface area contributed by atoms with Gasteiger partial charge in [0.25, 0.3) is 0 Å². The molecule has 1 aromatic heterocycles. The molecule has 3 aliphatic rings. The summed E-state index contributed by atoms with van der Waals surface area (Å²) in [4.78, 5) is 2.23. The first-order valence-electron chi connectivity index (χ1n) is 11.8. The van der Waals surface area contributed by atoms with Crippen LogP contribution in [0.4, 0.5) is 4.39 Å². The van der Waals surface area contributed by atoms with Crippen LogP contribution in [0.1, 0.15) is 24.1 Å². The second-order valence-electron chi connectivity index (χ2n) is 9.23. The van der Waals surface area contributed by atoms with Crippen molar-refractivity contribution in [1.29, 1.82) is 0 Å². The second-order valence-corrected chi connectivity index (χ2v) is 9.23. The van der Waals surface area contributed by atoms with Gasteiger partial charge in [-0.2, -0.15) is 0 Å². The van der Waals surface area contributed by atoms with E-state index in [-0.39, 0.29) is 24.1 Å². The molecule has 2 heterocycles. The summed E-state index contributed by atoms with van der Waals surface area (Å²) in [7, 11) is 0. The zero-order valence-electron chi connectivity index (χ0n) is 19.4. The van der Waals surface area contributed by atoms with Crippen LogP contribution >= 0.6 is 0 Å². The minimum atomic E-state index is -0.224. The molecule has 0 radical (unpaired) electrons. The number of fused-ring (bicyclic) bond motifs is 1. The number of benzene rings is 1. The number of nitrogens with zero attached hydrogens (tertiary/aromatic N) is 2. The number of allylic oxidation sites excluding steroid dienone is 7. The lowest BCUT2D eigenvalue weighted by Crippen LogP contribution is -2.48. The third-order valence-corrected chi connectivity index (χ3v) is 6.79. The number of aromatic nitrogens is 1. The van der Waals surface area contributed by atoms with Crippen LogP contribution in [0.2, 0.25) is 0 Å². The van der Waals surface area contributed by atoms with Gasteiger partial charge in [-0.1, -0.05) is 11.8 Å². The van der Waals surface area contributed by atoms with Gasteiger partial charge >= 0.3 is 0 Å². The molecule has 0 amide bonds. The smallest absolute Gasteiger partial charge is 0.167 e. The molecule has 6 heteroatoms. The average Bonchev–Trinajstić information content (AvgIpc) is 3.07. The average molecular weight is 461 g/mol. The van der Waals surface area contributed by atoms with Gasteiger partial charge in [0.2, 0.25) is 0 Å². The summed E-state index contributed by atoms with van der Waals surface area (Å²) in [6.45, 7) is 5.68. The number of aliphatic hydroxyl groups excluding tert-OH is 1. The fraction of sp³-hybridized carbons (Fsp3) is 0.357. The second kappa shape index (κ2) is 9.44. The Balaban J connectivity index is 1.35. The van der Waals surface area contributed by atoms with E-state index in [1.807, 2.05) is 19.1 Å². The van der Waals surface area contributed by atoms with Crippen molar-refractivity contribution in [2.45, 2.75) is 26.3 Å². The van der Waals surface area contributed by atoms with Crippen molar-refractivity contribution in [2.75, 3.05) is 32.9 Å². The minimum absolute atomic E-state index is 0.0608. The molecule has 176 valence electrons. The van der Waals surface area contributed by atoms with E-state index in [1.54, 1.807) is 18.2 Å². The zero-order valence-corrected chi connectivity index (χ0v) is 19.4. The number of aromatic hydroxyl groups is 1. The van der Waals surface area contributed by atoms with Gasteiger partial charge < -0.3 is 19.5 Å². The van der Waals surface area contributed by atoms with E-state index in [0.717, 1.165) is 66.0 Å². The highest BCUT2D eigenvalue weighted by molar-refractivity contribution is 5.92. The molecule has 0 unspecified atom stereocenters. The first-order valence-corrected chi connectivity index (χ1v) is 11.8. The summed E-state index contributed by atoms with van der Waals surface area (Å²) in [6, 6.07) is 5.45. The molecule has 2 N–H and O–H groups in total. The summed E-state index contributed by atoms with van der Waals surface area (Å²) in [5.41, 5.74) is 11.1. The van der Waals surface area contributed by atoms with Gasteiger partial charge in [-0.05, 0) is 66.6 Å². The Morgan fingerprint density at radius 3 is 2.68 bits per heavy atom. The topological polar surface area (TPSA) is 57.9 Å². The van der Waals surface area contributed by atoms with E-state index in [0.29, 0.717) is 13.2 Å². The van der Waals surface area contributed by atoms with Gasteiger partial charge in [-0.15, -0.1) is 0 Å². The molecule has 1 aliphatic heterocycles. The number of hydrogen-bond donors (Lipinski definition) is 2. The minimum Gasteiger partial charge on any atom is -0.508 e. The maximum absolute atomic E-state index is 12.6. The lowest BCUT2D eigenvalue weighted by Gasteiger charge is -2.37. The Morgan fingerprint density at radius 2 is 1.97 bits per heavy atom. The molecule has 1 saturated heterocycles. The summed E-state index contributed by atoms with van der Waals surface area (Å²) in [6.07, 6.45) is 9.42. The molecule has 0 bridgehead atoms. The van der Waals surface area contributed by atoms with E-state index < -0.39 is 0 Å². The molecule has 34 heavy (non-hydrogen) atoms. The number of hydrogen-bond acceptors (Lipinski definition) is 4. The van der Waals surface area contributed by atoms with Crippen LogP contribution in [0.15, 0.2) is 71.1 Å².